The fourth-order valence-electron chi connectivity index (χ4n) is 5.44. The highest BCUT2D eigenvalue weighted by Gasteiger charge is 2.42. The SMILES string of the molecule is CCC1CC(N(Cc2cc(C(F)(F)F)cc(C(F)(F)F)c2)c2nnn(C)n2)c2cc(OC(F)(F)F)ccc2N1C(=O)CC(C)(C)C. The van der Waals surface area contributed by atoms with Crippen molar-refractivity contribution in [3.05, 3.63) is 58.7 Å². The van der Waals surface area contributed by atoms with Crippen LogP contribution in [0.1, 0.15) is 75.3 Å². The molecule has 1 aliphatic rings. The molecule has 8 nitrogen and oxygen atoms in total. The quantitative estimate of drug-likeness (QED) is 0.239. The maximum absolute atomic E-state index is 13.7. The predicted octanol–water partition coefficient (Wildman–Crippen LogP) is 7.85. The standard InChI is InChI=1S/C29H31F9N6O2/c1-6-19-12-23(21-13-20(46-29(36,37)38)7-8-22(21)44(19)24(45)14-26(2,3)4)43(25-39-41-42(5)40-25)15-16-9-17(27(30,31)32)11-18(10-16)28(33,34)35/h7-11,13,19,23H,6,12,14-15H2,1-5H3. The second-order valence-electron chi connectivity index (χ2n) is 12.2. The monoisotopic (exact) mass is 666 g/mol. The minimum absolute atomic E-state index is 0.00308. The summed E-state index contributed by atoms with van der Waals surface area (Å²) in [6, 6.07) is 2.87. The van der Waals surface area contributed by atoms with Crippen LogP contribution in [0.15, 0.2) is 36.4 Å². The van der Waals surface area contributed by atoms with E-state index in [1.165, 1.54) is 22.9 Å². The number of aryl methyl sites for hydroxylation is 1. The highest BCUT2D eigenvalue weighted by atomic mass is 19.4. The number of carbonyl (C=O) groups excluding carboxylic acids is 1. The first kappa shape index (κ1) is 34.8. The topological polar surface area (TPSA) is 76.4 Å². The summed E-state index contributed by atoms with van der Waals surface area (Å²) in [4.78, 5) is 17.4. The minimum Gasteiger partial charge on any atom is -0.406 e. The van der Waals surface area contributed by atoms with Crippen LogP contribution in [0.25, 0.3) is 0 Å². The molecule has 3 aromatic rings. The number of aromatic nitrogens is 4. The Bertz CT molecular complexity index is 1530. The molecule has 17 heteroatoms. The molecular weight excluding hydrogens is 635 g/mol. The molecule has 0 aliphatic carbocycles. The van der Waals surface area contributed by atoms with Crippen molar-refractivity contribution in [1.29, 1.82) is 0 Å². The van der Waals surface area contributed by atoms with E-state index in [9.17, 15) is 44.3 Å². The van der Waals surface area contributed by atoms with E-state index >= 15 is 0 Å². The molecule has 2 unspecified atom stereocenters. The minimum atomic E-state index is -5.12. The van der Waals surface area contributed by atoms with Crippen LogP contribution >= 0.6 is 0 Å². The van der Waals surface area contributed by atoms with Crippen LogP contribution < -0.4 is 14.5 Å². The van der Waals surface area contributed by atoms with Gasteiger partial charge < -0.3 is 14.5 Å². The Hall–Kier alpha value is -4.05. The number of benzene rings is 2. The van der Waals surface area contributed by atoms with Gasteiger partial charge in [-0.2, -0.15) is 31.1 Å². The number of fused-ring (bicyclic) bond motifs is 1. The number of nitrogens with zero attached hydrogens (tertiary/aromatic N) is 6. The lowest BCUT2D eigenvalue weighted by Gasteiger charge is -2.45. The molecule has 0 fully saturated rings. The van der Waals surface area contributed by atoms with Crippen LogP contribution in [0, 0.1) is 5.41 Å². The average Bonchev–Trinajstić information content (AvgIpc) is 3.33. The molecule has 2 aromatic carbocycles. The lowest BCUT2D eigenvalue weighted by atomic mass is 9.86. The number of halogens is 9. The number of carbonyl (C=O) groups is 1. The summed E-state index contributed by atoms with van der Waals surface area (Å²) in [7, 11) is 1.38. The molecular formula is C29H31F9N6O2. The van der Waals surface area contributed by atoms with Crippen LogP contribution in [-0.2, 0) is 30.7 Å². The molecule has 2 heterocycles. The lowest BCUT2D eigenvalue weighted by molar-refractivity contribution is -0.274. The van der Waals surface area contributed by atoms with E-state index < -0.39 is 65.2 Å². The number of hydrogen-bond donors (Lipinski definition) is 0. The van der Waals surface area contributed by atoms with Gasteiger partial charge in [-0.3, -0.25) is 4.79 Å². The molecule has 0 saturated heterocycles. The molecule has 252 valence electrons. The fourth-order valence-corrected chi connectivity index (χ4v) is 5.44. The molecule has 1 aromatic heterocycles. The van der Waals surface area contributed by atoms with Gasteiger partial charge in [-0.25, -0.2) is 0 Å². The van der Waals surface area contributed by atoms with Gasteiger partial charge in [-0.15, -0.1) is 18.3 Å². The van der Waals surface area contributed by atoms with Crippen LogP contribution in [-0.4, -0.2) is 38.5 Å². The third-order valence-electron chi connectivity index (χ3n) is 7.26. The Morgan fingerprint density at radius 2 is 1.57 bits per heavy atom. The zero-order chi connectivity index (χ0) is 34.4. The molecule has 0 spiro atoms. The van der Waals surface area contributed by atoms with Crippen molar-refractivity contribution in [2.24, 2.45) is 12.5 Å². The molecule has 0 saturated carbocycles. The van der Waals surface area contributed by atoms with Crippen molar-refractivity contribution in [3.8, 4) is 5.75 Å². The van der Waals surface area contributed by atoms with Crippen molar-refractivity contribution >= 4 is 17.5 Å². The van der Waals surface area contributed by atoms with Crippen molar-refractivity contribution in [3.63, 3.8) is 0 Å². The molecule has 2 atom stereocenters. The largest absolute Gasteiger partial charge is 0.573 e. The Morgan fingerprint density at radius 3 is 2.04 bits per heavy atom. The van der Waals surface area contributed by atoms with Crippen molar-refractivity contribution < 1.29 is 49.0 Å². The maximum Gasteiger partial charge on any atom is 0.573 e. The second kappa shape index (κ2) is 12.3. The zero-order valence-corrected chi connectivity index (χ0v) is 25.3. The number of amides is 1. The Kier molecular flexibility index (Phi) is 9.30. The number of ether oxygens (including phenoxy) is 1. The predicted molar refractivity (Wildman–Crippen MR) is 148 cm³/mol. The molecule has 0 N–H and O–H groups in total. The molecule has 0 radical (unpaired) electrons. The van der Waals surface area contributed by atoms with E-state index in [4.69, 9.17) is 0 Å². The van der Waals surface area contributed by atoms with Gasteiger partial charge in [-0.1, -0.05) is 32.8 Å². The third kappa shape index (κ3) is 8.20. The van der Waals surface area contributed by atoms with E-state index in [1.807, 2.05) is 20.8 Å². The van der Waals surface area contributed by atoms with Gasteiger partial charge in [0, 0.05) is 30.3 Å². The summed E-state index contributed by atoms with van der Waals surface area (Å²) >= 11 is 0. The van der Waals surface area contributed by atoms with Gasteiger partial charge in [-0.05, 0) is 65.4 Å². The Morgan fingerprint density at radius 1 is 0.957 bits per heavy atom. The first-order chi connectivity index (χ1) is 21.1. The lowest BCUT2D eigenvalue weighted by Crippen LogP contribution is -2.48. The highest BCUT2D eigenvalue weighted by molar-refractivity contribution is 5.96. The van der Waals surface area contributed by atoms with Crippen LogP contribution in [0.4, 0.5) is 51.1 Å². The van der Waals surface area contributed by atoms with Gasteiger partial charge in [0.2, 0.25) is 5.91 Å². The van der Waals surface area contributed by atoms with Gasteiger partial charge >= 0.3 is 18.7 Å². The number of anilines is 2. The van der Waals surface area contributed by atoms with Gasteiger partial charge in [0.15, 0.2) is 0 Å². The third-order valence-corrected chi connectivity index (χ3v) is 7.26. The Labute approximate surface area is 258 Å². The van der Waals surface area contributed by atoms with E-state index in [0.29, 0.717) is 18.6 Å². The summed E-state index contributed by atoms with van der Waals surface area (Å²) in [5, 5.41) is 11.8. The number of alkyl halides is 9. The summed E-state index contributed by atoms with van der Waals surface area (Å²) in [5.74, 6) is -1.17. The number of hydrogen-bond acceptors (Lipinski definition) is 6. The van der Waals surface area contributed by atoms with Crippen LogP contribution in [0.5, 0.6) is 5.75 Å². The summed E-state index contributed by atoms with van der Waals surface area (Å²) < 4.78 is 126. The summed E-state index contributed by atoms with van der Waals surface area (Å²) in [6.45, 7) is 6.67. The fraction of sp³-hybridized carbons (Fsp3) is 0.517. The van der Waals surface area contributed by atoms with E-state index in [-0.39, 0.29) is 42.0 Å². The molecule has 46 heavy (non-hydrogen) atoms. The maximum atomic E-state index is 13.7. The smallest absolute Gasteiger partial charge is 0.406 e. The molecule has 1 aliphatic heterocycles. The first-order valence-corrected chi connectivity index (χ1v) is 14.1. The zero-order valence-electron chi connectivity index (χ0n) is 25.3. The molecule has 0 bridgehead atoms. The molecule has 4 rings (SSSR count). The van der Waals surface area contributed by atoms with E-state index in [2.05, 4.69) is 20.1 Å². The summed E-state index contributed by atoms with van der Waals surface area (Å²) in [5.41, 5.74) is -3.65. The van der Waals surface area contributed by atoms with E-state index in [1.54, 1.807) is 6.92 Å². The van der Waals surface area contributed by atoms with Gasteiger partial charge in [0.1, 0.15) is 5.75 Å². The van der Waals surface area contributed by atoms with Crippen LogP contribution in [0.3, 0.4) is 0 Å². The molecule has 1 amide bonds. The van der Waals surface area contributed by atoms with Crippen molar-refractivity contribution in [1.82, 2.24) is 20.2 Å². The Balaban J connectivity index is 1.92. The normalized spacial score (nSPS) is 17.6. The number of rotatable bonds is 7. The van der Waals surface area contributed by atoms with E-state index in [0.717, 1.165) is 16.9 Å². The first-order valence-electron chi connectivity index (χ1n) is 14.1. The van der Waals surface area contributed by atoms with Crippen molar-refractivity contribution in [2.45, 2.75) is 84.3 Å². The highest BCUT2D eigenvalue weighted by Crippen LogP contribution is 2.46. The van der Waals surface area contributed by atoms with Gasteiger partial charge in [0.25, 0.3) is 5.95 Å². The van der Waals surface area contributed by atoms with Gasteiger partial charge in [0.05, 0.1) is 24.2 Å². The summed E-state index contributed by atoms with van der Waals surface area (Å²) in [6.07, 6.45) is -14.9. The second-order valence-corrected chi connectivity index (χ2v) is 12.2. The number of tetrazole rings is 1. The van der Waals surface area contributed by atoms with Crippen LogP contribution in [0.2, 0.25) is 0 Å². The average molecular weight is 667 g/mol. The van der Waals surface area contributed by atoms with Crippen molar-refractivity contribution in [2.75, 3.05) is 9.80 Å².